The van der Waals surface area contributed by atoms with Crippen LogP contribution in [-0.2, 0) is 14.3 Å². The summed E-state index contributed by atoms with van der Waals surface area (Å²) >= 11 is 5.63. The average Bonchev–Trinajstić information content (AvgIpc) is 2.31. The van der Waals surface area contributed by atoms with E-state index in [0.29, 0.717) is 11.4 Å². The van der Waals surface area contributed by atoms with Gasteiger partial charge in [-0.2, -0.15) is 0 Å². The lowest BCUT2D eigenvalue weighted by molar-refractivity contribution is -0.119. The van der Waals surface area contributed by atoms with Gasteiger partial charge in [-0.1, -0.05) is 0 Å². The number of ether oxygens (including phenoxy) is 1. The molecule has 0 aliphatic rings. The number of alkyl halides is 1. The van der Waals surface area contributed by atoms with Crippen molar-refractivity contribution in [2.75, 3.05) is 24.4 Å². The molecule has 1 unspecified atom stereocenters. The second-order valence-electron chi connectivity index (χ2n) is 3.66. The van der Waals surface area contributed by atoms with Gasteiger partial charge in [0.2, 0.25) is 11.8 Å². The normalized spacial score (nSPS) is 11.7. The van der Waals surface area contributed by atoms with Gasteiger partial charge < -0.3 is 15.4 Å². The van der Waals surface area contributed by atoms with E-state index in [0.717, 1.165) is 0 Å². The molecule has 0 radical (unpaired) electrons. The lowest BCUT2D eigenvalue weighted by Crippen LogP contribution is -2.20. The number of methoxy groups -OCH3 is 1. The van der Waals surface area contributed by atoms with Crippen molar-refractivity contribution < 1.29 is 14.3 Å². The smallest absolute Gasteiger partial charge is 0.250 e. The molecule has 0 spiro atoms. The molecule has 0 saturated carbocycles. The fourth-order valence-electron chi connectivity index (χ4n) is 1.21. The van der Waals surface area contributed by atoms with Crippen molar-refractivity contribution in [3.8, 4) is 0 Å². The third-order valence-electron chi connectivity index (χ3n) is 2.07. The number of benzene rings is 1. The van der Waals surface area contributed by atoms with Gasteiger partial charge in [0.05, 0.1) is 0 Å². The van der Waals surface area contributed by atoms with E-state index in [1.54, 1.807) is 31.2 Å². The minimum atomic E-state index is -0.592. The van der Waals surface area contributed by atoms with Crippen molar-refractivity contribution in [2.24, 2.45) is 0 Å². The Bertz CT molecular complexity index is 418. The van der Waals surface area contributed by atoms with Crippen LogP contribution in [0.2, 0.25) is 0 Å². The molecule has 5 nitrogen and oxygen atoms in total. The first-order valence-corrected chi connectivity index (χ1v) is 5.80. The topological polar surface area (TPSA) is 67.4 Å². The van der Waals surface area contributed by atoms with Gasteiger partial charge in [-0.25, -0.2) is 0 Å². The molecule has 1 atom stereocenters. The first-order chi connectivity index (χ1) is 8.52. The van der Waals surface area contributed by atoms with Crippen LogP contribution < -0.4 is 10.6 Å². The number of carbonyl (C=O) groups is 2. The Labute approximate surface area is 110 Å². The summed E-state index contributed by atoms with van der Waals surface area (Å²) in [4.78, 5) is 22.6. The van der Waals surface area contributed by atoms with E-state index < -0.39 is 5.38 Å². The molecular formula is C12H15ClN2O3. The zero-order valence-corrected chi connectivity index (χ0v) is 11.0. The molecular weight excluding hydrogens is 256 g/mol. The van der Waals surface area contributed by atoms with Crippen molar-refractivity contribution in [3.63, 3.8) is 0 Å². The summed E-state index contributed by atoms with van der Waals surface area (Å²) in [6.07, 6.45) is 0. The number of hydrogen-bond acceptors (Lipinski definition) is 3. The summed E-state index contributed by atoms with van der Waals surface area (Å²) in [7, 11) is 1.45. The largest absolute Gasteiger partial charge is 0.375 e. The van der Waals surface area contributed by atoms with Crippen LogP contribution in [0.25, 0.3) is 0 Å². The summed E-state index contributed by atoms with van der Waals surface area (Å²) in [5, 5.41) is 4.69. The second kappa shape index (κ2) is 6.98. The van der Waals surface area contributed by atoms with E-state index in [-0.39, 0.29) is 18.4 Å². The molecule has 0 aromatic heterocycles. The molecule has 1 aromatic carbocycles. The highest BCUT2D eigenvalue weighted by Crippen LogP contribution is 2.14. The Balaban J connectivity index is 2.57. The van der Waals surface area contributed by atoms with Gasteiger partial charge in [0.1, 0.15) is 12.0 Å². The highest BCUT2D eigenvalue weighted by molar-refractivity contribution is 6.32. The predicted octanol–water partition coefficient (Wildman–Crippen LogP) is 1.84. The highest BCUT2D eigenvalue weighted by Gasteiger charge is 2.09. The first-order valence-electron chi connectivity index (χ1n) is 5.36. The number of carbonyl (C=O) groups excluding carboxylic acids is 2. The molecule has 2 N–H and O–H groups in total. The van der Waals surface area contributed by atoms with Crippen molar-refractivity contribution in [2.45, 2.75) is 12.3 Å². The molecule has 18 heavy (non-hydrogen) atoms. The Hall–Kier alpha value is -1.59. The second-order valence-corrected chi connectivity index (χ2v) is 4.32. The van der Waals surface area contributed by atoms with Gasteiger partial charge in [0.15, 0.2) is 0 Å². The minimum absolute atomic E-state index is 0.00223. The van der Waals surface area contributed by atoms with Crippen molar-refractivity contribution in [1.82, 2.24) is 0 Å². The molecule has 0 heterocycles. The van der Waals surface area contributed by atoms with E-state index in [1.807, 2.05) is 0 Å². The van der Waals surface area contributed by atoms with Gasteiger partial charge in [-0.15, -0.1) is 11.6 Å². The molecule has 0 bridgehead atoms. The predicted molar refractivity (Wildman–Crippen MR) is 70.9 cm³/mol. The molecule has 6 heteroatoms. The minimum Gasteiger partial charge on any atom is -0.375 e. The number of hydrogen-bond donors (Lipinski definition) is 2. The molecule has 1 rings (SSSR count). The van der Waals surface area contributed by atoms with Gasteiger partial charge in [-0.05, 0) is 31.2 Å². The molecule has 2 amide bonds. The fourth-order valence-corrected chi connectivity index (χ4v) is 1.26. The van der Waals surface area contributed by atoms with Crippen molar-refractivity contribution >= 4 is 34.8 Å². The summed E-state index contributed by atoms with van der Waals surface area (Å²) in [6, 6.07) is 6.73. The third-order valence-corrected chi connectivity index (χ3v) is 2.27. The van der Waals surface area contributed by atoms with Gasteiger partial charge in [0, 0.05) is 18.5 Å². The molecule has 0 saturated heterocycles. The molecule has 1 aromatic rings. The number of rotatable bonds is 5. The van der Waals surface area contributed by atoms with Crippen molar-refractivity contribution in [3.05, 3.63) is 24.3 Å². The summed E-state index contributed by atoms with van der Waals surface area (Å²) in [5.41, 5.74) is 1.26. The summed E-state index contributed by atoms with van der Waals surface area (Å²) in [5.74, 6) is -0.503. The lowest BCUT2D eigenvalue weighted by Gasteiger charge is -2.08. The fraction of sp³-hybridized carbons (Fsp3) is 0.333. The van der Waals surface area contributed by atoms with Crippen LogP contribution in [0, 0.1) is 0 Å². The quantitative estimate of drug-likeness (QED) is 0.802. The van der Waals surface area contributed by atoms with Crippen LogP contribution in [0.4, 0.5) is 11.4 Å². The number of nitrogens with one attached hydrogen (secondary N) is 2. The van der Waals surface area contributed by atoms with Crippen LogP contribution in [0.3, 0.4) is 0 Å². The standard InChI is InChI=1S/C12H15ClN2O3/c1-8(13)12(17)15-10-5-3-9(4-6-10)14-11(16)7-18-2/h3-6,8H,7H2,1-2H3,(H,14,16)(H,15,17). The maximum Gasteiger partial charge on any atom is 0.250 e. The average molecular weight is 271 g/mol. The summed E-state index contributed by atoms with van der Waals surface area (Å²) < 4.78 is 4.69. The maximum absolute atomic E-state index is 11.3. The van der Waals surface area contributed by atoms with E-state index in [4.69, 9.17) is 16.3 Å². The molecule has 0 aliphatic heterocycles. The summed E-state index contributed by atoms with van der Waals surface area (Å²) in [6.45, 7) is 1.60. The van der Waals surface area contributed by atoms with Crippen LogP contribution in [-0.4, -0.2) is 30.9 Å². The van der Waals surface area contributed by atoms with E-state index in [2.05, 4.69) is 10.6 Å². The third kappa shape index (κ3) is 4.73. The van der Waals surface area contributed by atoms with Crippen molar-refractivity contribution in [1.29, 1.82) is 0 Å². The maximum atomic E-state index is 11.3. The first kappa shape index (κ1) is 14.5. The molecule has 0 fully saturated rings. The van der Waals surface area contributed by atoms with Gasteiger partial charge >= 0.3 is 0 Å². The zero-order valence-electron chi connectivity index (χ0n) is 10.2. The Morgan fingerprint density at radius 3 is 2.17 bits per heavy atom. The van der Waals surface area contributed by atoms with E-state index >= 15 is 0 Å². The lowest BCUT2D eigenvalue weighted by atomic mass is 10.2. The Morgan fingerprint density at radius 1 is 1.22 bits per heavy atom. The molecule has 0 aliphatic carbocycles. The van der Waals surface area contributed by atoms with Crippen LogP contribution in [0.5, 0.6) is 0 Å². The number of anilines is 2. The number of halogens is 1. The SMILES string of the molecule is COCC(=O)Nc1ccc(NC(=O)C(C)Cl)cc1. The van der Waals surface area contributed by atoms with Gasteiger partial charge in [0.25, 0.3) is 0 Å². The Kier molecular flexibility index (Phi) is 5.61. The van der Waals surface area contributed by atoms with Crippen LogP contribution in [0.15, 0.2) is 24.3 Å². The molecule has 98 valence electrons. The van der Waals surface area contributed by atoms with E-state index in [9.17, 15) is 9.59 Å². The Morgan fingerprint density at radius 2 is 1.72 bits per heavy atom. The monoisotopic (exact) mass is 270 g/mol. The van der Waals surface area contributed by atoms with Crippen LogP contribution >= 0.6 is 11.6 Å². The van der Waals surface area contributed by atoms with E-state index in [1.165, 1.54) is 7.11 Å². The zero-order chi connectivity index (χ0) is 13.5. The van der Waals surface area contributed by atoms with Gasteiger partial charge in [-0.3, -0.25) is 9.59 Å². The highest BCUT2D eigenvalue weighted by atomic mass is 35.5. The number of amides is 2. The van der Waals surface area contributed by atoms with Crippen LogP contribution in [0.1, 0.15) is 6.92 Å².